The summed E-state index contributed by atoms with van der Waals surface area (Å²) in [5.74, 6) is 0.516. The molecule has 0 fully saturated rings. The Hall–Kier alpha value is -2.73. The van der Waals surface area contributed by atoms with Crippen molar-refractivity contribution in [3.63, 3.8) is 0 Å². The van der Waals surface area contributed by atoms with Gasteiger partial charge in [-0.3, -0.25) is 9.59 Å². The fourth-order valence-corrected chi connectivity index (χ4v) is 2.27. The molecule has 0 aliphatic carbocycles. The molecule has 25 heavy (non-hydrogen) atoms. The largest absolute Gasteiger partial charge is 0.493 e. The highest BCUT2D eigenvalue weighted by molar-refractivity contribution is 6.33. The number of ether oxygens (including phenoxy) is 2. The first kappa shape index (κ1) is 18.6. The number of carbonyl (C=O) groups is 2. The van der Waals surface area contributed by atoms with Crippen molar-refractivity contribution in [1.82, 2.24) is 10.6 Å². The van der Waals surface area contributed by atoms with E-state index in [9.17, 15) is 9.59 Å². The molecule has 2 aromatic carbocycles. The molecule has 6 nitrogen and oxygen atoms in total. The fraction of sp³-hybridized carbons (Fsp3) is 0.222. The average molecular weight is 363 g/mol. The molecule has 0 unspecified atom stereocenters. The topological polar surface area (TPSA) is 76.7 Å². The summed E-state index contributed by atoms with van der Waals surface area (Å²) in [4.78, 5) is 23.7. The van der Waals surface area contributed by atoms with Gasteiger partial charge in [-0.15, -0.1) is 0 Å². The van der Waals surface area contributed by atoms with E-state index in [2.05, 4.69) is 10.6 Å². The van der Waals surface area contributed by atoms with Crippen LogP contribution in [0.3, 0.4) is 0 Å². The summed E-state index contributed by atoms with van der Waals surface area (Å²) in [5.41, 5.74) is 0.330. The van der Waals surface area contributed by atoms with Crippen LogP contribution in [0.2, 0.25) is 5.02 Å². The maximum atomic E-state index is 11.9. The standard InChI is InChI=1S/C18H19ClN2O4/c1-24-15-8-4-5-9-16(15)25-11-10-20-17(22)12-21-18(23)13-6-2-3-7-14(13)19/h2-9H,10-12H2,1H3,(H,20,22)(H,21,23). The summed E-state index contributed by atoms with van der Waals surface area (Å²) in [6.45, 7) is 0.447. The number of halogens is 1. The third-order valence-electron chi connectivity index (χ3n) is 3.28. The molecule has 0 radical (unpaired) electrons. The number of methoxy groups -OCH3 is 1. The van der Waals surface area contributed by atoms with Crippen LogP contribution in [0.4, 0.5) is 0 Å². The van der Waals surface area contributed by atoms with Gasteiger partial charge in [-0.05, 0) is 24.3 Å². The maximum absolute atomic E-state index is 11.9. The van der Waals surface area contributed by atoms with Crippen LogP contribution in [0, 0.1) is 0 Å². The summed E-state index contributed by atoms with van der Waals surface area (Å²) in [5, 5.41) is 5.52. The highest BCUT2D eigenvalue weighted by Crippen LogP contribution is 2.25. The maximum Gasteiger partial charge on any atom is 0.253 e. The molecule has 0 heterocycles. The van der Waals surface area contributed by atoms with E-state index in [-0.39, 0.29) is 19.1 Å². The number of hydrogen-bond donors (Lipinski definition) is 2. The molecule has 0 aliphatic heterocycles. The van der Waals surface area contributed by atoms with Crippen LogP contribution in [-0.2, 0) is 4.79 Å². The lowest BCUT2D eigenvalue weighted by atomic mass is 10.2. The lowest BCUT2D eigenvalue weighted by Gasteiger charge is -2.11. The molecule has 0 aromatic heterocycles. The molecule has 0 saturated heterocycles. The van der Waals surface area contributed by atoms with Gasteiger partial charge >= 0.3 is 0 Å². The molecule has 0 aliphatic rings. The third kappa shape index (κ3) is 5.69. The molecule has 2 rings (SSSR count). The minimum atomic E-state index is -0.397. The Balaban J connectivity index is 1.69. The quantitative estimate of drug-likeness (QED) is 0.706. The van der Waals surface area contributed by atoms with E-state index < -0.39 is 5.91 Å². The second-order valence-corrected chi connectivity index (χ2v) is 5.42. The van der Waals surface area contributed by atoms with E-state index in [4.69, 9.17) is 21.1 Å². The Morgan fingerprint density at radius 2 is 1.68 bits per heavy atom. The molecule has 132 valence electrons. The van der Waals surface area contributed by atoms with Crippen LogP contribution in [0.5, 0.6) is 11.5 Å². The lowest BCUT2D eigenvalue weighted by Crippen LogP contribution is -2.38. The van der Waals surface area contributed by atoms with Gasteiger partial charge in [0.05, 0.1) is 30.8 Å². The smallest absolute Gasteiger partial charge is 0.253 e. The Labute approximate surface area is 151 Å². The molecule has 7 heteroatoms. The number of amides is 2. The van der Waals surface area contributed by atoms with Crippen LogP contribution in [0.1, 0.15) is 10.4 Å². The van der Waals surface area contributed by atoms with Crippen molar-refractivity contribution in [2.45, 2.75) is 0 Å². The average Bonchev–Trinajstić information content (AvgIpc) is 2.64. The minimum Gasteiger partial charge on any atom is -0.493 e. The van der Waals surface area contributed by atoms with Crippen LogP contribution in [0.25, 0.3) is 0 Å². The highest BCUT2D eigenvalue weighted by Gasteiger charge is 2.10. The van der Waals surface area contributed by atoms with Crippen LogP contribution in [-0.4, -0.2) is 38.6 Å². The first-order chi connectivity index (χ1) is 12.1. The molecule has 2 aromatic rings. The highest BCUT2D eigenvalue weighted by atomic mass is 35.5. The predicted molar refractivity (Wildman–Crippen MR) is 95.3 cm³/mol. The molecule has 2 amide bonds. The van der Waals surface area contributed by atoms with Crippen molar-refractivity contribution in [3.05, 3.63) is 59.1 Å². The van der Waals surface area contributed by atoms with E-state index in [1.807, 2.05) is 12.1 Å². The van der Waals surface area contributed by atoms with Crippen LogP contribution in [0.15, 0.2) is 48.5 Å². The first-order valence-corrected chi connectivity index (χ1v) is 8.05. The number of hydrogen-bond acceptors (Lipinski definition) is 4. The van der Waals surface area contributed by atoms with Crippen molar-refractivity contribution in [2.75, 3.05) is 26.8 Å². The summed E-state index contributed by atoms with van der Waals surface area (Å²) in [7, 11) is 1.56. The third-order valence-corrected chi connectivity index (χ3v) is 3.61. The van der Waals surface area contributed by atoms with Gasteiger partial charge in [0.15, 0.2) is 11.5 Å². The molecule has 0 atom stereocenters. The van der Waals surface area contributed by atoms with E-state index in [0.29, 0.717) is 28.6 Å². The first-order valence-electron chi connectivity index (χ1n) is 7.67. The van der Waals surface area contributed by atoms with E-state index in [1.165, 1.54) is 0 Å². The molecular weight excluding hydrogens is 344 g/mol. The zero-order valence-electron chi connectivity index (χ0n) is 13.8. The van der Waals surface area contributed by atoms with E-state index >= 15 is 0 Å². The van der Waals surface area contributed by atoms with Crippen LogP contribution >= 0.6 is 11.6 Å². The van der Waals surface area contributed by atoms with Gasteiger partial charge in [0.2, 0.25) is 5.91 Å². The van der Waals surface area contributed by atoms with Crippen molar-refractivity contribution in [2.24, 2.45) is 0 Å². The predicted octanol–water partition coefficient (Wildman–Crippen LogP) is 2.27. The molecule has 0 spiro atoms. The van der Waals surface area contributed by atoms with Crippen molar-refractivity contribution < 1.29 is 19.1 Å². The summed E-state index contributed by atoms with van der Waals surface area (Å²) < 4.78 is 10.7. The van der Waals surface area contributed by atoms with Gasteiger partial charge < -0.3 is 20.1 Å². The van der Waals surface area contributed by atoms with E-state index in [1.54, 1.807) is 43.5 Å². The van der Waals surface area contributed by atoms with Gasteiger partial charge in [0, 0.05) is 0 Å². The zero-order valence-corrected chi connectivity index (χ0v) is 14.5. The Morgan fingerprint density at radius 3 is 2.40 bits per heavy atom. The number of benzene rings is 2. The Bertz CT molecular complexity index is 737. The van der Waals surface area contributed by atoms with Gasteiger partial charge in [0.1, 0.15) is 6.61 Å². The molecule has 2 N–H and O–H groups in total. The summed E-state index contributed by atoms with van der Waals surface area (Å²) >= 11 is 5.93. The summed E-state index contributed by atoms with van der Waals surface area (Å²) in [6, 6.07) is 13.9. The van der Waals surface area contributed by atoms with Gasteiger partial charge in [-0.1, -0.05) is 35.9 Å². The minimum absolute atomic E-state index is 0.140. The van der Waals surface area contributed by atoms with Gasteiger partial charge in [-0.25, -0.2) is 0 Å². The van der Waals surface area contributed by atoms with Gasteiger partial charge in [-0.2, -0.15) is 0 Å². The van der Waals surface area contributed by atoms with Gasteiger partial charge in [0.25, 0.3) is 5.91 Å². The molecule has 0 saturated carbocycles. The SMILES string of the molecule is COc1ccccc1OCCNC(=O)CNC(=O)c1ccccc1Cl. The number of para-hydroxylation sites is 2. The second-order valence-electron chi connectivity index (χ2n) is 5.01. The summed E-state index contributed by atoms with van der Waals surface area (Å²) in [6.07, 6.45) is 0. The molecular formula is C18H19ClN2O4. The Morgan fingerprint density at radius 1 is 1.00 bits per heavy atom. The van der Waals surface area contributed by atoms with Crippen LogP contribution < -0.4 is 20.1 Å². The second kappa shape index (κ2) is 9.54. The Kier molecular flexibility index (Phi) is 7.10. The zero-order chi connectivity index (χ0) is 18.1. The number of nitrogens with one attached hydrogen (secondary N) is 2. The fourth-order valence-electron chi connectivity index (χ4n) is 2.05. The van der Waals surface area contributed by atoms with Crippen molar-refractivity contribution in [1.29, 1.82) is 0 Å². The molecule has 0 bridgehead atoms. The normalized spacial score (nSPS) is 10.0. The monoisotopic (exact) mass is 362 g/mol. The number of carbonyl (C=O) groups excluding carboxylic acids is 2. The van der Waals surface area contributed by atoms with Crippen molar-refractivity contribution in [3.8, 4) is 11.5 Å². The lowest BCUT2D eigenvalue weighted by molar-refractivity contribution is -0.120. The van der Waals surface area contributed by atoms with E-state index in [0.717, 1.165) is 0 Å². The number of rotatable bonds is 8. The van der Waals surface area contributed by atoms with Crippen molar-refractivity contribution >= 4 is 23.4 Å².